The number of nitrogens with zero attached hydrogens (tertiary/aromatic N) is 1. The van der Waals surface area contributed by atoms with E-state index in [0.717, 1.165) is 11.3 Å². The maximum Gasteiger partial charge on any atom is 0.237 e. The molecule has 1 aromatic heterocycles. The summed E-state index contributed by atoms with van der Waals surface area (Å²) in [5, 5.41) is 13.4. The van der Waals surface area contributed by atoms with Crippen molar-refractivity contribution in [1.29, 1.82) is 0 Å². The van der Waals surface area contributed by atoms with Crippen LogP contribution in [0, 0.1) is 0 Å². The Morgan fingerprint density at radius 2 is 1.90 bits per heavy atom. The Morgan fingerprint density at radius 1 is 1.10 bits per heavy atom. The van der Waals surface area contributed by atoms with Crippen LogP contribution in [0.1, 0.15) is 19.4 Å². The van der Waals surface area contributed by atoms with Crippen LogP contribution >= 0.6 is 0 Å². The summed E-state index contributed by atoms with van der Waals surface area (Å²) in [5.41, 5.74) is 1.55. The summed E-state index contributed by atoms with van der Waals surface area (Å²) in [6.07, 6.45) is 1.68. The molecule has 1 heterocycles. The summed E-state index contributed by atoms with van der Waals surface area (Å²) < 4.78 is 10.8. The predicted octanol–water partition coefficient (Wildman–Crippen LogP) is 3.20. The van der Waals surface area contributed by atoms with E-state index in [9.17, 15) is 5.11 Å². The van der Waals surface area contributed by atoms with E-state index in [1.54, 1.807) is 12.3 Å². The first kappa shape index (κ1) is 15.0. The minimum absolute atomic E-state index is 0.161. The molecule has 0 aliphatic heterocycles. The zero-order valence-corrected chi connectivity index (χ0v) is 12.3. The molecule has 0 amide bonds. The average molecular weight is 288 g/mol. The summed E-state index contributed by atoms with van der Waals surface area (Å²) >= 11 is 0. The highest BCUT2D eigenvalue weighted by Crippen LogP contribution is 2.31. The van der Waals surface area contributed by atoms with Crippen LogP contribution < -0.4 is 14.8 Å². The lowest BCUT2D eigenvalue weighted by molar-refractivity contribution is 0.317. The molecule has 2 N–H and O–H groups in total. The third-order valence-electron chi connectivity index (χ3n) is 2.90. The molecule has 0 radical (unpaired) electrons. The average Bonchev–Trinajstić information content (AvgIpc) is 2.50. The normalized spacial score (nSPS) is 10.2. The van der Waals surface area contributed by atoms with Crippen molar-refractivity contribution in [2.45, 2.75) is 20.4 Å². The van der Waals surface area contributed by atoms with Gasteiger partial charge in [0.15, 0.2) is 11.5 Å². The van der Waals surface area contributed by atoms with Crippen molar-refractivity contribution in [3.05, 3.63) is 42.1 Å². The number of pyridine rings is 1. The van der Waals surface area contributed by atoms with Crippen LogP contribution in [0.5, 0.6) is 17.4 Å². The molecule has 112 valence electrons. The third-order valence-corrected chi connectivity index (χ3v) is 2.90. The molecule has 0 spiro atoms. The first-order valence-electron chi connectivity index (χ1n) is 7.01. The second kappa shape index (κ2) is 7.38. The lowest BCUT2D eigenvalue weighted by Crippen LogP contribution is -2.04. The molecule has 21 heavy (non-hydrogen) atoms. The van der Waals surface area contributed by atoms with Crippen LogP contribution in [-0.2, 0) is 6.54 Å². The number of phenols is 1. The first-order valence-corrected chi connectivity index (χ1v) is 7.01. The molecule has 0 aliphatic rings. The number of phenolic OH excluding ortho intramolecular Hbond substituents is 1. The van der Waals surface area contributed by atoms with Gasteiger partial charge in [-0.2, -0.15) is 0 Å². The second-order valence-electron chi connectivity index (χ2n) is 4.34. The molecule has 0 bridgehead atoms. The van der Waals surface area contributed by atoms with E-state index in [2.05, 4.69) is 10.3 Å². The lowest BCUT2D eigenvalue weighted by Gasteiger charge is -2.13. The number of nitrogens with one attached hydrogen (secondary N) is 1. The quantitative estimate of drug-likeness (QED) is 0.819. The smallest absolute Gasteiger partial charge is 0.237 e. The molecule has 2 aromatic rings. The molecule has 5 nitrogen and oxygen atoms in total. The van der Waals surface area contributed by atoms with E-state index in [-0.39, 0.29) is 5.75 Å². The first-order chi connectivity index (χ1) is 10.3. The number of anilines is 1. The van der Waals surface area contributed by atoms with E-state index in [0.29, 0.717) is 31.4 Å². The minimum Gasteiger partial charge on any atom is -0.504 e. The van der Waals surface area contributed by atoms with Gasteiger partial charge in [-0.1, -0.05) is 12.1 Å². The van der Waals surface area contributed by atoms with Crippen LogP contribution in [0.15, 0.2) is 36.5 Å². The van der Waals surface area contributed by atoms with Gasteiger partial charge in [-0.05, 0) is 32.0 Å². The van der Waals surface area contributed by atoms with Crippen molar-refractivity contribution in [3.8, 4) is 17.4 Å². The number of rotatable bonds is 7. The fourth-order valence-electron chi connectivity index (χ4n) is 1.95. The molecule has 0 saturated heterocycles. The fourth-order valence-corrected chi connectivity index (χ4v) is 1.95. The van der Waals surface area contributed by atoms with Crippen molar-refractivity contribution >= 4 is 5.69 Å². The number of benzene rings is 1. The number of hydrogen-bond donors (Lipinski definition) is 2. The maximum absolute atomic E-state index is 10.2. The highest BCUT2D eigenvalue weighted by Gasteiger charge is 2.09. The molecule has 0 unspecified atom stereocenters. The largest absolute Gasteiger partial charge is 0.504 e. The molecular weight excluding hydrogens is 268 g/mol. The van der Waals surface area contributed by atoms with E-state index in [4.69, 9.17) is 9.47 Å². The topological polar surface area (TPSA) is 63.6 Å². The summed E-state index contributed by atoms with van der Waals surface area (Å²) in [4.78, 5) is 4.18. The number of aromatic hydroxyl groups is 1. The fraction of sp³-hybridized carbons (Fsp3) is 0.312. The highest BCUT2D eigenvalue weighted by molar-refractivity contribution is 5.54. The summed E-state index contributed by atoms with van der Waals surface area (Å²) in [5.74, 6) is 1.21. The molecular formula is C16H20N2O3. The Bertz CT molecular complexity index is 587. The van der Waals surface area contributed by atoms with Gasteiger partial charge in [0.25, 0.3) is 0 Å². The van der Waals surface area contributed by atoms with Crippen molar-refractivity contribution < 1.29 is 14.6 Å². The van der Waals surface area contributed by atoms with Crippen molar-refractivity contribution in [2.24, 2.45) is 0 Å². The Hall–Kier alpha value is -2.43. The monoisotopic (exact) mass is 288 g/mol. The van der Waals surface area contributed by atoms with Gasteiger partial charge >= 0.3 is 0 Å². The second-order valence-corrected chi connectivity index (χ2v) is 4.34. The van der Waals surface area contributed by atoms with Gasteiger partial charge < -0.3 is 19.9 Å². The highest BCUT2D eigenvalue weighted by atomic mass is 16.5. The molecule has 0 saturated carbocycles. The minimum atomic E-state index is 0.161. The van der Waals surface area contributed by atoms with Crippen LogP contribution in [0.4, 0.5) is 5.69 Å². The Labute approximate surface area is 124 Å². The maximum atomic E-state index is 10.2. The molecule has 1 aromatic carbocycles. The van der Waals surface area contributed by atoms with E-state index >= 15 is 0 Å². The predicted molar refractivity (Wildman–Crippen MR) is 82.0 cm³/mol. The Kier molecular flexibility index (Phi) is 5.26. The van der Waals surface area contributed by atoms with Gasteiger partial charge in [0.2, 0.25) is 5.88 Å². The van der Waals surface area contributed by atoms with E-state index in [1.165, 1.54) is 0 Å². The van der Waals surface area contributed by atoms with Gasteiger partial charge in [0.05, 0.1) is 18.9 Å². The molecule has 0 fully saturated rings. The van der Waals surface area contributed by atoms with Gasteiger partial charge in [0.1, 0.15) is 0 Å². The zero-order valence-electron chi connectivity index (χ0n) is 12.3. The molecule has 0 aliphatic carbocycles. The van der Waals surface area contributed by atoms with Crippen molar-refractivity contribution in [1.82, 2.24) is 4.98 Å². The van der Waals surface area contributed by atoms with E-state index in [1.807, 2.05) is 38.1 Å². The standard InChI is InChI=1S/C16H20N2O3/c1-3-20-14-9-5-7-12(15(14)19)11-18-13-8-6-10-17-16(13)21-4-2/h5-10,18-19H,3-4,11H2,1-2H3. The molecule has 5 heteroatoms. The van der Waals surface area contributed by atoms with Crippen LogP contribution in [0.3, 0.4) is 0 Å². The van der Waals surface area contributed by atoms with Crippen LogP contribution in [0.25, 0.3) is 0 Å². The Morgan fingerprint density at radius 3 is 2.67 bits per heavy atom. The summed E-state index contributed by atoms with van der Waals surface area (Å²) in [6, 6.07) is 9.18. The number of ether oxygens (including phenoxy) is 2. The molecule has 0 atom stereocenters. The van der Waals surface area contributed by atoms with Gasteiger partial charge in [0, 0.05) is 18.3 Å². The number of hydrogen-bond acceptors (Lipinski definition) is 5. The summed E-state index contributed by atoms with van der Waals surface area (Å²) in [6.45, 7) is 5.32. The van der Waals surface area contributed by atoms with Gasteiger partial charge in [-0.15, -0.1) is 0 Å². The van der Waals surface area contributed by atoms with Crippen molar-refractivity contribution in [2.75, 3.05) is 18.5 Å². The van der Waals surface area contributed by atoms with E-state index < -0.39 is 0 Å². The number of aromatic nitrogens is 1. The van der Waals surface area contributed by atoms with Crippen molar-refractivity contribution in [3.63, 3.8) is 0 Å². The Balaban J connectivity index is 2.11. The van der Waals surface area contributed by atoms with Gasteiger partial charge in [-0.25, -0.2) is 4.98 Å². The molecule has 2 rings (SSSR count). The third kappa shape index (κ3) is 3.78. The van der Waals surface area contributed by atoms with Gasteiger partial charge in [-0.3, -0.25) is 0 Å². The SMILES string of the molecule is CCOc1cccc(CNc2cccnc2OCC)c1O. The summed E-state index contributed by atoms with van der Waals surface area (Å²) in [7, 11) is 0. The van der Waals surface area contributed by atoms with Crippen LogP contribution in [-0.4, -0.2) is 23.3 Å². The van der Waals surface area contributed by atoms with Crippen LogP contribution in [0.2, 0.25) is 0 Å². The zero-order chi connectivity index (χ0) is 15.1. The lowest BCUT2D eigenvalue weighted by atomic mass is 10.2. The number of para-hydroxylation sites is 1.